The fraction of sp³-hybridized carbons (Fsp3) is 0.222. The van der Waals surface area contributed by atoms with Crippen LogP contribution in [0, 0.1) is 23.6 Å². The SMILES string of the molecule is [C-]#[N+]/C(=C\c1ccc2c(c1)C(C)C(CC)N2c1cccc(C)c1)c1ccc([N+](=O)[O-])cc1. The summed E-state index contributed by atoms with van der Waals surface area (Å²) in [6.45, 7) is 14.2. The van der Waals surface area contributed by atoms with Gasteiger partial charge in [0.1, 0.15) is 0 Å². The molecule has 0 saturated heterocycles. The average Bonchev–Trinajstić information content (AvgIpc) is 3.08. The van der Waals surface area contributed by atoms with Gasteiger partial charge in [-0.15, -0.1) is 0 Å². The first-order chi connectivity index (χ1) is 15.4. The molecule has 0 N–H and O–H groups in total. The third kappa shape index (κ3) is 3.88. The molecule has 2 atom stereocenters. The van der Waals surface area contributed by atoms with Gasteiger partial charge in [-0.05, 0) is 59.9 Å². The van der Waals surface area contributed by atoms with E-state index in [1.807, 2.05) is 12.1 Å². The lowest BCUT2D eigenvalue weighted by molar-refractivity contribution is -0.384. The van der Waals surface area contributed by atoms with Crippen LogP contribution in [0.2, 0.25) is 0 Å². The van der Waals surface area contributed by atoms with Gasteiger partial charge in [-0.25, -0.2) is 4.85 Å². The van der Waals surface area contributed by atoms with Gasteiger partial charge in [0.15, 0.2) is 5.70 Å². The van der Waals surface area contributed by atoms with E-state index in [9.17, 15) is 10.1 Å². The number of nitro benzene ring substituents is 1. The van der Waals surface area contributed by atoms with Gasteiger partial charge in [-0.2, -0.15) is 0 Å². The molecule has 0 spiro atoms. The molecular formula is C27H25N3O2. The van der Waals surface area contributed by atoms with Gasteiger partial charge < -0.3 is 4.90 Å². The van der Waals surface area contributed by atoms with Crippen LogP contribution >= 0.6 is 0 Å². The Hall–Kier alpha value is -3.91. The molecule has 32 heavy (non-hydrogen) atoms. The number of nitro groups is 1. The Morgan fingerprint density at radius 2 is 1.91 bits per heavy atom. The van der Waals surface area contributed by atoms with Crippen LogP contribution in [0.1, 0.15) is 48.4 Å². The van der Waals surface area contributed by atoms with Crippen molar-refractivity contribution in [3.05, 3.63) is 111 Å². The molecule has 0 fully saturated rings. The van der Waals surface area contributed by atoms with Gasteiger partial charge in [-0.3, -0.25) is 10.1 Å². The minimum Gasteiger partial charge on any atom is -0.338 e. The molecule has 4 rings (SSSR count). The first-order valence-electron chi connectivity index (χ1n) is 10.8. The van der Waals surface area contributed by atoms with Gasteiger partial charge in [0.05, 0.1) is 11.5 Å². The number of hydrogen-bond donors (Lipinski definition) is 0. The van der Waals surface area contributed by atoms with Crippen molar-refractivity contribution in [2.75, 3.05) is 4.90 Å². The number of aryl methyl sites for hydroxylation is 1. The quantitative estimate of drug-likeness (QED) is 0.186. The summed E-state index contributed by atoms with van der Waals surface area (Å²) in [5, 5.41) is 10.9. The normalized spacial score (nSPS) is 17.7. The average molecular weight is 424 g/mol. The second-order valence-corrected chi connectivity index (χ2v) is 8.24. The summed E-state index contributed by atoms with van der Waals surface area (Å²) in [4.78, 5) is 16.6. The number of hydrogen-bond acceptors (Lipinski definition) is 3. The molecule has 160 valence electrons. The molecule has 1 aliphatic rings. The zero-order valence-corrected chi connectivity index (χ0v) is 18.4. The Kier molecular flexibility index (Phi) is 5.79. The Morgan fingerprint density at radius 3 is 2.53 bits per heavy atom. The van der Waals surface area contributed by atoms with Crippen molar-refractivity contribution in [3.63, 3.8) is 0 Å². The molecule has 1 heterocycles. The fourth-order valence-electron chi connectivity index (χ4n) is 4.59. The number of nitrogens with zero attached hydrogens (tertiary/aromatic N) is 3. The van der Waals surface area contributed by atoms with Crippen LogP contribution in [0.25, 0.3) is 16.6 Å². The number of benzene rings is 3. The lowest BCUT2D eigenvalue weighted by atomic mass is 9.94. The standard InChI is InChI=1S/C27H25N3O2/c1-5-26-19(3)24-16-20(9-14-27(24)29(26)23-8-6-7-18(2)15-23)17-25(28-4)21-10-12-22(13-11-21)30(31)32/h6-17,19,26H,5H2,1-3H3/b25-17-. The van der Waals surface area contributed by atoms with Crippen LogP contribution in [0.15, 0.2) is 66.7 Å². The molecular weight excluding hydrogens is 398 g/mol. The number of fused-ring (bicyclic) bond motifs is 1. The van der Waals surface area contributed by atoms with E-state index in [0.717, 1.165) is 12.0 Å². The maximum atomic E-state index is 10.9. The van der Waals surface area contributed by atoms with E-state index in [4.69, 9.17) is 6.57 Å². The van der Waals surface area contributed by atoms with Crippen LogP contribution in [0.5, 0.6) is 0 Å². The number of non-ortho nitro benzene ring substituents is 1. The van der Waals surface area contributed by atoms with Crippen molar-refractivity contribution in [1.82, 2.24) is 0 Å². The highest BCUT2D eigenvalue weighted by molar-refractivity contribution is 5.86. The Bertz CT molecular complexity index is 1240. The molecule has 0 aliphatic carbocycles. The molecule has 5 nitrogen and oxygen atoms in total. The van der Waals surface area contributed by atoms with E-state index in [1.54, 1.807) is 12.1 Å². The number of rotatable bonds is 5. The Labute approximate surface area is 188 Å². The second kappa shape index (κ2) is 8.68. The minimum atomic E-state index is -0.434. The summed E-state index contributed by atoms with van der Waals surface area (Å²) >= 11 is 0. The predicted molar refractivity (Wildman–Crippen MR) is 130 cm³/mol. The first-order valence-corrected chi connectivity index (χ1v) is 10.8. The van der Waals surface area contributed by atoms with Crippen molar-refractivity contribution < 1.29 is 4.92 Å². The van der Waals surface area contributed by atoms with Crippen LogP contribution in [-0.4, -0.2) is 11.0 Å². The van der Waals surface area contributed by atoms with Crippen LogP contribution in [-0.2, 0) is 0 Å². The molecule has 5 heteroatoms. The summed E-state index contributed by atoms with van der Waals surface area (Å²) in [5.74, 6) is 0.361. The monoisotopic (exact) mass is 423 g/mol. The predicted octanol–water partition coefficient (Wildman–Crippen LogP) is 7.35. The molecule has 0 aromatic heterocycles. The van der Waals surface area contributed by atoms with Gasteiger partial charge in [-0.1, -0.05) is 50.2 Å². The Morgan fingerprint density at radius 1 is 1.16 bits per heavy atom. The fourth-order valence-corrected chi connectivity index (χ4v) is 4.59. The maximum absolute atomic E-state index is 10.9. The van der Waals surface area contributed by atoms with Crippen molar-refractivity contribution in [3.8, 4) is 0 Å². The maximum Gasteiger partial charge on any atom is 0.269 e. The van der Waals surface area contributed by atoms with Crippen LogP contribution in [0.4, 0.5) is 17.1 Å². The molecule has 3 aromatic carbocycles. The van der Waals surface area contributed by atoms with E-state index >= 15 is 0 Å². The Balaban J connectivity index is 1.72. The summed E-state index contributed by atoms with van der Waals surface area (Å²) in [5.41, 5.74) is 7.06. The van der Waals surface area contributed by atoms with Crippen molar-refractivity contribution >= 4 is 28.8 Å². The lowest BCUT2D eigenvalue weighted by Crippen LogP contribution is -2.28. The second-order valence-electron chi connectivity index (χ2n) is 8.24. The minimum absolute atomic E-state index is 0.0197. The number of anilines is 2. The van der Waals surface area contributed by atoms with Crippen molar-refractivity contribution in [2.45, 2.75) is 39.2 Å². The topological polar surface area (TPSA) is 50.7 Å². The highest BCUT2D eigenvalue weighted by Gasteiger charge is 2.35. The summed E-state index contributed by atoms with van der Waals surface area (Å²) in [6.07, 6.45) is 2.89. The van der Waals surface area contributed by atoms with Gasteiger partial charge in [0.2, 0.25) is 0 Å². The molecule has 0 saturated carbocycles. The van der Waals surface area contributed by atoms with E-state index in [0.29, 0.717) is 23.2 Å². The van der Waals surface area contributed by atoms with Gasteiger partial charge >= 0.3 is 0 Å². The summed E-state index contributed by atoms with van der Waals surface area (Å²) in [7, 11) is 0. The molecule has 3 aromatic rings. The zero-order valence-electron chi connectivity index (χ0n) is 18.4. The smallest absolute Gasteiger partial charge is 0.269 e. The van der Waals surface area contributed by atoms with Crippen molar-refractivity contribution in [2.24, 2.45) is 0 Å². The first kappa shape index (κ1) is 21.3. The van der Waals surface area contributed by atoms with Gasteiger partial charge in [0, 0.05) is 35.5 Å². The third-order valence-electron chi connectivity index (χ3n) is 6.21. The largest absolute Gasteiger partial charge is 0.338 e. The molecule has 1 aliphatic heterocycles. The summed E-state index contributed by atoms with van der Waals surface area (Å²) in [6, 6.07) is 21.5. The third-order valence-corrected chi connectivity index (χ3v) is 6.21. The molecule has 0 bridgehead atoms. The van der Waals surface area contributed by atoms with E-state index in [-0.39, 0.29) is 5.69 Å². The highest BCUT2D eigenvalue weighted by Crippen LogP contribution is 2.47. The van der Waals surface area contributed by atoms with E-state index in [1.165, 1.54) is 34.6 Å². The van der Waals surface area contributed by atoms with Crippen molar-refractivity contribution in [1.29, 1.82) is 0 Å². The summed E-state index contributed by atoms with van der Waals surface area (Å²) < 4.78 is 0. The van der Waals surface area contributed by atoms with E-state index in [2.05, 4.69) is 66.9 Å². The van der Waals surface area contributed by atoms with Crippen LogP contribution in [0.3, 0.4) is 0 Å². The van der Waals surface area contributed by atoms with Crippen LogP contribution < -0.4 is 4.90 Å². The molecule has 2 unspecified atom stereocenters. The highest BCUT2D eigenvalue weighted by atomic mass is 16.6. The lowest BCUT2D eigenvalue weighted by Gasteiger charge is -2.29. The molecule has 0 amide bonds. The van der Waals surface area contributed by atoms with Gasteiger partial charge in [0.25, 0.3) is 5.69 Å². The zero-order chi connectivity index (χ0) is 22.8. The molecule has 0 radical (unpaired) electrons. The van der Waals surface area contributed by atoms with E-state index < -0.39 is 4.92 Å².